The molecule has 2 rings (SSSR count). The van der Waals surface area contributed by atoms with Gasteiger partial charge in [-0.1, -0.05) is 0 Å². The van der Waals surface area contributed by atoms with Gasteiger partial charge in [0.05, 0.1) is 5.69 Å². The number of ketones is 1. The Labute approximate surface area is 87.1 Å². The van der Waals surface area contributed by atoms with Gasteiger partial charge >= 0.3 is 0 Å². The van der Waals surface area contributed by atoms with E-state index in [1.807, 2.05) is 0 Å². The van der Waals surface area contributed by atoms with Crippen LogP contribution in [0.5, 0.6) is 0 Å². The molecule has 0 N–H and O–H groups in total. The van der Waals surface area contributed by atoms with Crippen molar-refractivity contribution in [2.45, 2.75) is 19.8 Å². The van der Waals surface area contributed by atoms with Crippen molar-refractivity contribution < 1.29 is 9.18 Å². The highest BCUT2D eigenvalue weighted by Gasteiger charge is 2.20. The molecule has 1 aliphatic rings. The zero-order chi connectivity index (χ0) is 10.8. The lowest BCUT2D eigenvalue weighted by atomic mass is 10.1. The Morgan fingerprint density at radius 1 is 1.33 bits per heavy atom. The fourth-order valence-electron chi connectivity index (χ4n) is 1.63. The summed E-state index contributed by atoms with van der Waals surface area (Å²) in [7, 11) is 0. The van der Waals surface area contributed by atoms with Gasteiger partial charge in [-0.25, -0.2) is 14.4 Å². The Bertz CT molecular complexity index is 384. The van der Waals surface area contributed by atoms with Crippen LogP contribution in [0.15, 0.2) is 6.33 Å². The highest BCUT2D eigenvalue weighted by molar-refractivity contribution is 5.80. The van der Waals surface area contributed by atoms with Crippen LogP contribution in [-0.2, 0) is 4.79 Å². The lowest BCUT2D eigenvalue weighted by molar-refractivity contribution is -0.119. The molecular weight excluding hydrogens is 197 g/mol. The second kappa shape index (κ2) is 3.92. The van der Waals surface area contributed by atoms with E-state index in [2.05, 4.69) is 9.97 Å². The third-order valence-corrected chi connectivity index (χ3v) is 2.57. The summed E-state index contributed by atoms with van der Waals surface area (Å²) in [5.41, 5.74) is 0.344. The molecule has 1 aromatic rings. The monoisotopic (exact) mass is 209 g/mol. The maximum Gasteiger partial charge on any atom is 0.186 e. The largest absolute Gasteiger partial charge is 0.353 e. The van der Waals surface area contributed by atoms with E-state index in [0.29, 0.717) is 37.4 Å². The van der Waals surface area contributed by atoms with Gasteiger partial charge in [0.1, 0.15) is 12.1 Å². The predicted octanol–water partition coefficient (Wildman–Crippen LogP) is 1.09. The molecule has 0 aliphatic carbocycles. The summed E-state index contributed by atoms with van der Waals surface area (Å²) in [4.78, 5) is 20.5. The minimum atomic E-state index is -0.383. The molecule has 0 aromatic carbocycles. The number of piperidine rings is 1. The lowest BCUT2D eigenvalue weighted by Gasteiger charge is -2.27. The normalized spacial score (nSPS) is 16.9. The zero-order valence-electron chi connectivity index (χ0n) is 8.53. The molecule has 5 heteroatoms. The Balaban J connectivity index is 2.22. The molecular formula is C10H12FN3O. The molecule has 2 heterocycles. The molecule has 0 saturated carbocycles. The maximum atomic E-state index is 13.6. The van der Waals surface area contributed by atoms with Crippen molar-refractivity contribution in [1.29, 1.82) is 0 Å². The molecule has 0 radical (unpaired) electrons. The van der Waals surface area contributed by atoms with E-state index in [0.717, 1.165) is 0 Å². The minimum Gasteiger partial charge on any atom is -0.353 e. The summed E-state index contributed by atoms with van der Waals surface area (Å²) in [5.74, 6) is 0.166. The molecule has 15 heavy (non-hydrogen) atoms. The van der Waals surface area contributed by atoms with E-state index < -0.39 is 0 Å². The van der Waals surface area contributed by atoms with Gasteiger partial charge in [0, 0.05) is 25.9 Å². The maximum absolute atomic E-state index is 13.6. The van der Waals surface area contributed by atoms with Crippen molar-refractivity contribution in [3.63, 3.8) is 0 Å². The summed E-state index contributed by atoms with van der Waals surface area (Å²) in [5, 5.41) is 0. The molecule has 0 unspecified atom stereocenters. The van der Waals surface area contributed by atoms with Gasteiger partial charge in [0.25, 0.3) is 0 Å². The van der Waals surface area contributed by atoms with Crippen LogP contribution in [0.3, 0.4) is 0 Å². The van der Waals surface area contributed by atoms with Gasteiger partial charge in [0.2, 0.25) is 0 Å². The first kappa shape index (κ1) is 10.0. The Kier molecular flexibility index (Phi) is 2.62. The number of Topliss-reactive ketones (excluding diaryl/α,β-unsaturated/α-hetero) is 1. The van der Waals surface area contributed by atoms with Crippen LogP contribution in [0.25, 0.3) is 0 Å². The van der Waals surface area contributed by atoms with Crippen molar-refractivity contribution in [2.75, 3.05) is 18.0 Å². The Morgan fingerprint density at radius 3 is 2.67 bits per heavy atom. The second-order valence-electron chi connectivity index (χ2n) is 3.62. The van der Waals surface area contributed by atoms with Gasteiger partial charge in [-0.05, 0) is 6.92 Å². The Morgan fingerprint density at radius 2 is 2.00 bits per heavy atom. The van der Waals surface area contributed by atoms with Crippen molar-refractivity contribution >= 4 is 11.6 Å². The molecule has 0 atom stereocenters. The first-order valence-corrected chi connectivity index (χ1v) is 4.92. The molecule has 1 fully saturated rings. The lowest BCUT2D eigenvalue weighted by Crippen LogP contribution is -2.35. The number of aryl methyl sites for hydroxylation is 1. The number of aromatic nitrogens is 2. The predicted molar refractivity (Wildman–Crippen MR) is 53.2 cm³/mol. The summed E-state index contributed by atoms with van der Waals surface area (Å²) < 4.78 is 13.6. The minimum absolute atomic E-state index is 0.234. The van der Waals surface area contributed by atoms with Crippen LogP contribution < -0.4 is 4.90 Å². The molecule has 0 bridgehead atoms. The third kappa shape index (κ3) is 1.95. The average molecular weight is 209 g/mol. The SMILES string of the molecule is Cc1ncnc(N2CCC(=O)CC2)c1F. The number of halogens is 1. The smallest absolute Gasteiger partial charge is 0.186 e. The average Bonchev–Trinajstić information content (AvgIpc) is 2.24. The van der Waals surface area contributed by atoms with Crippen LogP contribution >= 0.6 is 0 Å². The number of carbonyl (C=O) groups is 1. The van der Waals surface area contributed by atoms with Crippen molar-refractivity contribution in [3.05, 3.63) is 17.8 Å². The van der Waals surface area contributed by atoms with Gasteiger partial charge in [0.15, 0.2) is 11.6 Å². The summed E-state index contributed by atoms with van der Waals surface area (Å²) in [6.45, 7) is 2.70. The fraction of sp³-hybridized carbons (Fsp3) is 0.500. The summed E-state index contributed by atoms with van der Waals surface area (Å²) in [6.07, 6.45) is 2.30. The number of anilines is 1. The van der Waals surface area contributed by atoms with Gasteiger partial charge in [-0.2, -0.15) is 0 Å². The third-order valence-electron chi connectivity index (χ3n) is 2.57. The topological polar surface area (TPSA) is 46.1 Å². The van der Waals surface area contributed by atoms with Crippen LogP contribution in [0.1, 0.15) is 18.5 Å². The second-order valence-corrected chi connectivity index (χ2v) is 3.62. The van der Waals surface area contributed by atoms with Crippen molar-refractivity contribution in [1.82, 2.24) is 9.97 Å². The van der Waals surface area contributed by atoms with E-state index in [1.54, 1.807) is 11.8 Å². The van der Waals surface area contributed by atoms with Crippen LogP contribution in [0.2, 0.25) is 0 Å². The van der Waals surface area contributed by atoms with E-state index in [9.17, 15) is 9.18 Å². The first-order chi connectivity index (χ1) is 7.18. The zero-order valence-corrected chi connectivity index (χ0v) is 8.53. The van der Waals surface area contributed by atoms with E-state index in [4.69, 9.17) is 0 Å². The first-order valence-electron chi connectivity index (χ1n) is 4.92. The van der Waals surface area contributed by atoms with E-state index in [1.165, 1.54) is 6.33 Å². The summed E-state index contributed by atoms with van der Waals surface area (Å²) in [6, 6.07) is 0. The Hall–Kier alpha value is -1.52. The van der Waals surface area contributed by atoms with E-state index in [-0.39, 0.29) is 11.6 Å². The molecule has 80 valence electrons. The van der Waals surface area contributed by atoms with E-state index >= 15 is 0 Å². The number of rotatable bonds is 1. The van der Waals surface area contributed by atoms with Gasteiger partial charge < -0.3 is 4.90 Å². The molecule has 0 amide bonds. The highest BCUT2D eigenvalue weighted by Crippen LogP contribution is 2.20. The van der Waals surface area contributed by atoms with Gasteiger partial charge in [-0.15, -0.1) is 0 Å². The molecule has 1 aromatic heterocycles. The van der Waals surface area contributed by atoms with Crippen LogP contribution in [-0.4, -0.2) is 28.8 Å². The van der Waals surface area contributed by atoms with Gasteiger partial charge in [-0.3, -0.25) is 4.79 Å². The summed E-state index contributed by atoms with van der Waals surface area (Å²) >= 11 is 0. The molecule has 4 nitrogen and oxygen atoms in total. The number of nitrogens with zero attached hydrogens (tertiary/aromatic N) is 3. The standard InChI is InChI=1S/C10H12FN3O/c1-7-9(11)10(13-6-12-7)14-4-2-8(15)3-5-14/h6H,2-5H2,1H3. The fourth-order valence-corrected chi connectivity index (χ4v) is 1.63. The number of carbonyl (C=O) groups excluding carboxylic acids is 1. The molecule has 1 saturated heterocycles. The van der Waals surface area contributed by atoms with Crippen molar-refractivity contribution in [3.8, 4) is 0 Å². The van der Waals surface area contributed by atoms with Crippen LogP contribution in [0, 0.1) is 12.7 Å². The number of hydrogen-bond donors (Lipinski definition) is 0. The van der Waals surface area contributed by atoms with Crippen LogP contribution in [0.4, 0.5) is 10.2 Å². The molecule has 1 aliphatic heterocycles. The van der Waals surface area contributed by atoms with Crippen molar-refractivity contribution in [2.24, 2.45) is 0 Å². The molecule has 0 spiro atoms. The quantitative estimate of drug-likeness (QED) is 0.694. The number of hydrogen-bond acceptors (Lipinski definition) is 4. The highest BCUT2D eigenvalue weighted by atomic mass is 19.1.